The van der Waals surface area contributed by atoms with Crippen LogP contribution in [-0.2, 0) is 17.7 Å². The molecule has 0 amide bonds. The van der Waals surface area contributed by atoms with Crippen LogP contribution in [0.15, 0.2) is 36.5 Å². The molecular weight excluding hydrogens is 242 g/mol. The second kappa shape index (κ2) is 6.68. The van der Waals surface area contributed by atoms with E-state index in [1.807, 2.05) is 6.07 Å². The van der Waals surface area contributed by atoms with Crippen LogP contribution >= 0.6 is 0 Å². The van der Waals surface area contributed by atoms with Crippen molar-refractivity contribution in [2.45, 2.75) is 25.8 Å². The second-order valence-electron chi connectivity index (χ2n) is 4.30. The molecule has 0 saturated carbocycles. The minimum absolute atomic E-state index is 0.255. The first-order valence-electron chi connectivity index (χ1n) is 6.32. The van der Waals surface area contributed by atoms with Crippen molar-refractivity contribution in [3.8, 4) is 0 Å². The van der Waals surface area contributed by atoms with Gasteiger partial charge < -0.3 is 4.74 Å². The van der Waals surface area contributed by atoms with Crippen LogP contribution in [0.1, 0.15) is 28.9 Å². The van der Waals surface area contributed by atoms with Crippen molar-refractivity contribution in [1.29, 1.82) is 0 Å². The Kier molecular flexibility index (Phi) is 4.66. The summed E-state index contributed by atoms with van der Waals surface area (Å²) in [6.45, 7) is 0.761. The Balaban J connectivity index is 1.74. The smallest absolute Gasteiger partial charge is 0.360 e. The molecule has 0 unspecified atom stereocenters. The van der Waals surface area contributed by atoms with Crippen LogP contribution in [0.4, 0.5) is 0 Å². The van der Waals surface area contributed by atoms with Crippen LogP contribution in [0.25, 0.3) is 0 Å². The zero-order valence-electron chi connectivity index (χ0n) is 11.0. The highest BCUT2D eigenvalue weighted by Gasteiger charge is 2.09. The van der Waals surface area contributed by atoms with Crippen molar-refractivity contribution in [2.24, 2.45) is 0 Å². The molecule has 0 aliphatic carbocycles. The molecule has 0 fully saturated rings. The monoisotopic (exact) mass is 259 g/mol. The lowest BCUT2D eigenvalue weighted by Crippen LogP contribution is -2.01. The van der Waals surface area contributed by atoms with Crippen molar-refractivity contribution in [2.75, 3.05) is 7.11 Å². The van der Waals surface area contributed by atoms with E-state index in [0.717, 1.165) is 25.8 Å². The topological polar surface area (TPSA) is 57.0 Å². The molecule has 1 aromatic heterocycles. The van der Waals surface area contributed by atoms with E-state index >= 15 is 0 Å². The summed E-state index contributed by atoms with van der Waals surface area (Å²) >= 11 is 0. The summed E-state index contributed by atoms with van der Waals surface area (Å²) < 4.78 is 6.26. The first-order chi connectivity index (χ1) is 9.29. The van der Waals surface area contributed by atoms with Crippen LogP contribution in [0, 0.1) is 0 Å². The van der Waals surface area contributed by atoms with Gasteiger partial charge in [-0.3, -0.25) is 4.68 Å². The van der Waals surface area contributed by atoms with Crippen LogP contribution in [0.3, 0.4) is 0 Å². The van der Waals surface area contributed by atoms with Crippen molar-refractivity contribution < 1.29 is 9.53 Å². The second-order valence-corrected chi connectivity index (χ2v) is 4.30. The number of rotatable bonds is 6. The highest BCUT2D eigenvalue weighted by atomic mass is 16.5. The number of unbranched alkanes of at least 4 members (excludes halogenated alkanes) is 1. The number of carbonyl (C=O) groups excluding carboxylic acids is 1. The van der Waals surface area contributed by atoms with Gasteiger partial charge in [0.1, 0.15) is 0 Å². The normalized spacial score (nSPS) is 10.4. The fourth-order valence-corrected chi connectivity index (χ4v) is 1.85. The average Bonchev–Trinajstić information content (AvgIpc) is 2.93. The molecule has 0 aliphatic heterocycles. The summed E-state index contributed by atoms with van der Waals surface area (Å²) in [7, 11) is 1.33. The van der Waals surface area contributed by atoms with Gasteiger partial charge in [0.15, 0.2) is 5.69 Å². The fourth-order valence-electron chi connectivity index (χ4n) is 1.85. The summed E-state index contributed by atoms with van der Waals surface area (Å²) in [6.07, 6.45) is 4.75. The maximum atomic E-state index is 11.2. The number of esters is 1. The SMILES string of the molecule is COC(=O)c1cn(CCCCc2ccccc2)nn1. The van der Waals surface area contributed by atoms with E-state index in [9.17, 15) is 4.79 Å². The predicted octanol–water partition coefficient (Wildman–Crippen LogP) is 2.09. The summed E-state index contributed by atoms with van der Waals surface area (Å²) in [5.41, 5.74) is 1.60. The minimum Gasteiger partial charge on any atom is -0.464 e. The molecule has 2 rings (SSSR count). The Bertz CT molecular complexity index is 522. The van der Waals surface area contributed by atoms with Gasteiger partial charge in [-0.25, -0.2) is 4.79 Å². The Morgan fingerprint density at radius 3 is 2.79 bits per heavy atom. The van der Waals surface area contributed by atoms with E-state index in [-0.39, 0.29) is 5.69 Å². The molecule has 0 radical (unpaired) electrons. The third-order valence-electron chi connectivity index (χ3n) is 2.88. The Labute approximate surface area is 112 Å². The maximum Gasteiger partial charge on any atom is 0.360 e. The Morgan fingerprint density at radius 2 is 2.05 bits per heavy atom. The van der Waals surface area contributed by atoms with E-state index in [4.69, 9.17) is 0 Å². The van der Waals surface area contributed by atoms with Gasteiger partial charge in [-0.2, -0.15) is 0 Å². The van der Waals surface area contributed by atoms with Crippen molar-refractivity contribution >= 4 is 5.97 Å². The average molecular weight is 259 g/mol. The van der Waals surface area contributed by atoms with Gasteiger partial charge in [0, 0.05) is 6.54 Å². The number of aryl methyl sites for hydroxylation is 2. The van der Waals surface area contributed by atoms with E-state index in [1.165, 1.54) is 12.7 Å². The van der Waals surface area contributed by atoms with Gasteiger partial charge in [-0.1, -0.05) is 35.5 Å². The van der Waals surface area contributed by atoms with Gasteiger partial charge in [0.25, 0.3) is 0 Å². The number of carbonyl (C=O) groups is 1. The van der Waals surface area contributed by atoms with Crippen molar-refractivity contribution in [3.05, 3.63) is 47.8 Å². The molecule has 1 heterocycles. The molecule has 0 bridgehead atoms. The lowest BCUT2D eigenvalue weighted by atomic mass is 10.1. The zero-order chi connectivity index (χ0) is 13.5. The summed E-state index contributed by atoms with van der Waals surface area (Å²) in [6, 6.07) is 10.4. The highest BCUT2D eigenvalue weighted by molar-refractivity contribution is 5.86. The van der Waals surface area contributed by atoms with Crippen LogP contribution in [0.5, 0.6) is 0 Å². The number of ether oxygens (including phenoxy) is 1. The van der Waals surface area contributed by atoms with Crippen LogP contribution in [0.2, 0.25) is 0 Å². The molecule has 100 valence electrons. The van der Waals surface area contributed by atoms with Gasteiger partial charge in [-0.15, -0.1) is 5.10 Å². The maximum absolute atomic E-state index is 11.2. The number of hydrogen-bond acceptors (Lipinski definition) is 4. The minimum atomic E-state index is -0.449. The standard InChI is InChI=1S/C14H17N3O2/c1-19-14(18)13-11-17(16-15-13)10-6-5-9-12-7-3-2-4-8-12/h2-4,7-8,11H,5-6,9-10H2,1H3. The number of nitrogens with zero attached hydrogens (tertiary/aromatic N) is 3. The number of benzene rings is 1. The van der Waals surface area contributed by atoms with Gasteiger partial charge in [-0.05, 0) is 24.8 Å². The molecule has 0 saturated heterocycles. The Morgan fingerprint density at radius 1 is 1.26 bits per heavy atom. The summed E-state index contributed by atoms with van der Waals surface area (Å²) in [5, 5.41) is 7.66. The molecule has 19 heavy (non-hydrogen) atoms. The van der Waals surface area contributed by atoms with E-state index in [0.29, 0.717) is 0 Å². The van der Waals surface area contributed by atoms with Crippen LogP contribution < -0.4 is 0 Å². The third-order valence-corrected chi connectivity index (χ3v) is 2.88. The molecule has 5 heteroatoms. The van der Waals surface area contributed by atoms with Gasteiger partial charge in [0.05, 0.1) is 13.3 Å². The lowest BCUT2D eigenvalue weighted by Gasteiger charge is -2.01. The van der Waals surface area contributed by atoms with Crippen molar-refractivity contribution in [3.63, 3.8) is 0 Å². The molecule has 0 spiro atoms. The molecule has 0 atom stereocenters. The van der Waals surface area contributed by atoms with E-state index < -0.39 is 5.97 Å². The molecular formula is C14H17N3O2. The summed E-state index contributed by atoms with van der Waals surface area (Å²) in [4.78, 5) is 11.2. The number of aromatic nitrogens is 3. The largest absolute Gasteiger partial charge is 0.464 e. The molecule has 0 aliphatic rings. The Hall–Kier alpha value is -2.17. The quantitative estimate of drug-likeness (QED) is 0.588. The van der Waals surface area contributed by atoms with E-state index in [2.05, 4.69) is 39.3 Å². The highest BCUT2D eigenvalue weighted by Crippen LogP contribution is 2.05. The van der Waals surface area contributed by atoms with Gasteiger partial charge in [0.2, 0.25) is 0 Å². The number of hydrogen-bond donors (Lipinski definition) is 0. The number of methoxy groups -OCH3 is 1. The van der Waals surface area contributed by atoms with Crippen molar-refractivity contribution in [1.82, 2.24) is 15.0 Å². The van der Waals surface area contributed by atoms with Crippen LogP contribution in [-0.4, -0.2) is 28.1 Å². The lowest BCUT2D eigenvalue weighted by molar-refractivity contribution is 0.0594. The first-order valence-corrected chi connectivity index (χ1v) is 6.32. The molecule has 2 aromatic rings. The fraction of sp³-hybridized carbons (Fsp3) is 0.357. The third kappa shape index (κ3) is 3.91. The first kappa shape index (κ1) is 13.3. The predicted molar refractivity (Wildman–Crippen MR) is 70.7 cm³/mol. The molecule has 0 N–H and O–H groups in total. The van der Waals surface area contributed by atoms with Gasteiger partial charge >= 0.3 is 5.97 Å². The van der Waals surface area contributed by atoms with E-state index in [1.54, 1.807) is 10.9 Å². The molecule has 1 aromatic carbocycles. The summed E-state index contributed by atoms with van der Waals surface area (Å²) in [5.74, 6) is -0.449. The molecule has 5 nitrogen and oxygen atoms in total. The zero-order valence-corrected chi connectivity index (χ0v) is 11.0.